The van der Waals surface area contributed by atoms with Gasteiger partial charge in [-0.25, -0.2) is 0 Å². The number of ketones is 1. The highest BCUT2D eigenvalue weighted by Gasteiger charge is 2.44. The lowest BCUT2D eigenvalue weighted by Gasteiger charge is -2.24. The summed E-state index contributed by atoms with van der Waals surface area (Å²) in [6, 6.07) is 3.55. The van der Waals surface area contributed by atoms with Gasteiger partial charge < -0.3 is 9.84 Å². The molecule has 0 aromatic heterocycles. The van der Waals surface area contributed by atoms with E-state index in [0.717, 1.165) is 23.1 Å². The smallest absolute Gasteiger partial charge is 0.206 e. The molecular weight excluding hydrogens is 280 g/mol. The number of carbonyl (C=O) groups excluding carboxylic acids is 2. The van der Waals surface area contributed by atoms with Crippen LogP contribution >= 0.6 is 0 Å². The number of phenolic OH excluding ortho intramolecular Hbond substituents is 1. The minimum atomic E-state index is -1.52. The second-order valence-corrected chi connectivity index (χ2v) is 6.23. The highest BCUT2D eigenvalue weighted by molar-refractivity contribution is 6.14. The van der Waals surface area contributed by atoms with Crippen molar-refractivity contribution in [3.8, 4) is 5.75 Å². The van der Waals surface area contributed by atoms with Crippen molar-refractivity contribution >= 4 is 17.6 Å². The Labute approximate surface area is 130 Å². The van der Waals surface area contributed by atoms with Gasteiger partial charge in [0.1, 0.15) is 5.75 Å². The number of hydrogen-bond donors (Lipinski definition) is 1. The van der Waals surface area contributed by atoms with E-state index in [4.69, 9.17) is 4.74 Å². The van der Waals surface area contributed by atoms with E-state index in [9.17, 15) is 14.7 Å². The number of aryl methyl sites for hydroxylation is 1. The Hall–Kier alpha value is -1.94. The lowest BCUT2D eigenvalue weighted by Crippen LogP contribution is -2.40. The van der Waals surface area contributed by atoms with Gasteiger partial charge in [-0.3, -0.25) is 9.59 Å². The van der Waals surface area contributed by atoms with E-state index >= 15 is 0 Å². The van der Waals surface area contributed by atoms with Crippen molar-refractivity contribution in [1.29, 1.82) is 0 Å². The molecule has 1 unspecified atom stereocenters. The quantitative estimate of drug-likeness (QED) is 0.671. The van der Waals surface area contributed by atoms with Gasteiger partial charge in [-0.2, -0.15) is 0 Å². The van der Waals surface area contributed by atoms with E-state index in [1.165, 1.54) is 6.92 Å². The Bertz CT molecular complexity index is 643. The van der Waals surface area contributed by atoms with Crippen LogP contribution in [-0.2, 0) is 20.7 Å². The number of Topliss-reactive ketones (excluding diaryl/α,β-unsaturated/α-hetero) is 1. The number of carbonyl (C=O) groups is 2. The highest BCUT2D eigenvalue weighted by Crippen LogP contribution is 2.38. The Morgan fingerprint density at radius 1 is 1.45 bits per heavy atom. The molecule has 4 heteroatoms. The second kappa shape index (κ2) is 6.05. The molecule has 1 N–H and O–H groups in total. The summed E-state index contributed by atoms with van der Waals surface area (Å²) in [6.07, 6.45) is 3.07. The third-order valence-electron chi connectivity index (χ3n) is 4.03. The lowest BCUT2D eigenvalue weighted by molar-refractivity contribution is -0.139. The van der Waals surface area contributed by atoms with Crippen LogP contribution in [-0.4, -0.2) is 29.4 Å². The summed E-state index contributed by atoms with van der Waals surface area (Å²) in [5.41, 5.74) is 1.48. The third-order valence-corrected chi connectivity index (χ3v) is 4.03. The molecule has 4 nitrogen and oxygen atoms in total. The topological polar surface area (TPSA) is 63.6 Å². The molecule has 1 aliphatic rings. The van der Waals surface area contributed by atoms with Crippen LogP contribution in [0.2, 0.25) is 0 Å². The van der Waals surface area contributed by atoms with Crippen LogP contribution in [0, 0.1) is 12.8 Å². The van der Waals surface area contributed by atoms with Crippen LogP contribution < -0.4 is 0 Å². The first-order valence-corrected chi connectivity index (χ1v) is 7.46. The van der Waals surface area contributed by atoms with E-state index in [1.54, 1.807) is 12.1 Å². The van der Waals surface area contributed by atoms with Crippen LogP contribution in [0.25, 0.3) is 5.57 Å². The van der Waals surface area contributed by atoms with Gasteiger partial charge in [0.25, 0.3) is 0 Å². The molecule has 0 bridgehead atoms. The van der Waals surface area contributed by atoms with Crippen LogP contribution in [0.1, 0.15) is 37.5 Å². The van der Waals surface area contributed by atoms with Crippen LogP contribution in [0.3, 0.4) is 0 Å². The van der Waals surface area contributed by atoms with Gasteiger partial charge in [-0.1, -0.05) is 19.9 Å². The molecule has 0 amide bonds. The number of rotatable bonds is 5. The van der Waals surface area contributed by atoms with Gasteiger partial charge in [0.2, 0.25) is 5.60 Å². The molecule has 2 rings (SSSR count). The highest BCUT2D eigenvalue weighted by atomic mass is 16.5. The van der Waals surface area contributed by atoms with Gasteiger partial charge in [0, 0.05) is 5.57 Å². The Kier molecular flexibility index (Phi) is 4.52. The van der Waals surface area contributed by atoms with Gasteiger partial charge in [0.05, 0.1) is 6.61 Å². The van der Waals surface area contributed by atoms with E-state index in [0.29, 0.717) is 17.8 Å². The molecule has 0 saturated carbocycles. The number of phenols is 1. The molecule has 22 heavy (non-hydrogen) atoms. The van der Waals surface area contributed by atoms with Gasteiger partial charge in [-0.15, -0.1) is 0 Å². The van der Waals surface area contributed by atoms with E-state index in [1.807, 2.05) is 13.0 Å². The molecule has 1 atom stereocenters. The minimum Gasteiger partial charge on any atom is -0.508 e. The molecule has 0 spiro atoms. The molecule has 118 valence electrons. The van der Waals surface area contributed by atoms with Crippen LogP contribution in [0.4, 0.5) is 0 Å². The zero-order valence-corrected chi connectivity index (χ0v) is 13.5. The Balaban J connectivity index is 2.57. The predicted molar refractivity (Wildman–Crippen MR) is 84.8 cm³/mol. The van der Waals surface area contributed by atoms with Crippen molar-refractivity contribution in [2.45, 2.75) is 39.7 Å². The average molecular weight is 302 g/mol. The molecule has 1 aliphatic heterocycles. The number of aldehydes is 1. The summed E-state index contributed by atoms with van der Waals surface area (Å²) in [6.45, 7) is 7.58. The van der Waals surface area contributed by atoms with Crippen LogP contribution in [0.5, 0.6) is 5.75 Å². The number of aromatic hydroxyl groups is 1. The summed E-state index contributed by atoms with van der Waals surface area (Å²) in [7, 11) is 0. The fraction of sp³-hybridized carbons (Fsp3) is 0.444. The molecule has 0 saturated heterocycles. The number of hydrogen-bond acceptors (Lipinski definition) is 4. The van der Waals surface area contributed by atoms with E-state index in [-0.39, 0.29) is 18.1 Å². The number of ether oxygens (including phenoxy) is 1. The number of benzene rings is 1. The van der Waals surface area contributed by atoms with E-state index < -0.39 is 5.60 Å². The molecule has 0 fully saturated rings. The van der Waals surface area contributed by atoms with Crippen molar-refractivity contribution in [3.05, 3.63) is 34.9 Å². The Morgan fingerprint density at radius 2 is 2.14 bits per heavy atom. The molecule has 1 aromatic rings. The maximum atomic E-state index is 12.0. The van der Waals surface area contributed by atoms with E-state index in [2.05, 4.69) is 13.8 Å². The fourth-order valence-electron chi connectivity index (χ4n) is 2.90. The molecular formula is C18H22O4. The van der Waals surface area contributed by atoms with Gasteiger partial charge >= 0.3 is 0 Å². The first kappa shape index (κ1) is 16.4. The standard InChI is InChI=1S/C18H22O4/c1-11(2)7-14-9-15(12(3)8-17(14)21)16-5-6-22-18(16,10-19)13(4)20/h5,8-11,21H,6-7H2,1-4H3. The summed E-state index contributed by atoms with van der Waals surface area (Å²) in [5, 5.41) is 10.1. The zero-order valence-electron chi connectivity index (χ0n) is 13.5. The summed E-state index contributed by atoms with van der Waals surface area (Å²) >= 11 is 0. The molecule has 1 aromatic carbocycles. The lowest BCUT2D eigenvalue weighted by atomic mass is 9.84. The summed E-state index contributed by atoms with van der Waals surface area (Å²) in [5.74, 6) is 0.303. The summed E-state index contributed by atoms with van der Waals surface area (Å²) in [4.78, 5) is 23.5. The average Bonchev–Trinajstić information content (AvgIpc) is 2.86. The van der Waals surface area contributed by atoms with Crippen molar-refractivity contribution in [2.24, 2.45) is 5.92 Å². The summed E-state index contributed by atoms with van der Waals surface area (Å²) < 4.78 is 5.45. The maximum Gasteiger partial charge on any atom is 0.206 e. The van der Waals surface area contributed by atoms with Crippen molar-refractivity contribution in [3.63, 3.8) is 0 Å². The monoisotopic (exact) mass is 302 g/mol. The van der Waals surface area contributed by atoms with Crippen LogP contribution in [0.15, 0.2) is 18.2 Å². The van der Waals surface area contributed by atoms with Crippen molar-refractivity contribution in [1.82, 2.24) is 0 Å². The maximum absolute atomic E-state index is 12.0. The minimum absolute atomic E-state index is 0.230. The molecule has 0 aliphatic carbocycles. The fourth-order valence-corrected chi connectivity index (χ4v) is 2.90. The van der Waals surface area contributed by atoms with Crippen molar-refractivity contribution < 1.29 is 19.4 Å². The first-order valence-electron chi connectivity index (χ1n) is 7.46. The normalized spacial score (nSPS) is 21.0. The zero-order chi connectivity index (χ0) is 16.5. The second-order valence-electron chi connectivity index (χ2n) is 6.23. The first-order chi connectivity index (χ1) is 10.3. The molecule has 1 heterocycles. The van der Waals surface area contributed by atoms with Gasteiger partial charge in [0.15, 0.2) is 12.1 Å². The molecule has 0 radical (unpaired) electrons. The largest absolute Gasteiger partial charge is 0.508 e. The van der Waals surface area contributed by atoms with Gasteiger partial charge in [-0.05, 0) is 55.0 Å². The Morgan fingerprint density at radius 3 is 2.68 bits per heavy atom. The van der Waals surface area contributed by atoms with Crippen molar-refractivity contribution in [2.75, 3.05) is 6.61 Å². The third kappa shape index (κ3) is 2.71. The predicted octanol–water partition coefficient (Wildman–Crippen LogP) is 2.84. The SMILES string of the molecule is CC(=O)C1(C=O)OCC=C1c1cc(CC(C)C)c(O)cc1C.